The molecule has 2 bridgehead atoms. The number of benzene rings is 1. The van der Waals surface area contributed by atoms with Crippen molar-refractivity contribution in [1.29, 1.82) is 0 Å². The van der Waals surface area contributed by atoms with E-state index < -0.39 is 0 Å². The molecule has 3 aromatic rings. The van der Waals surface area contributed by atoms with Crippen molar-refractivity contribution >= 4 is 17.2 Å². The Kier molecular flexibility index (Phi) is 5.17. The van der Waals surface area contributed by atoms with Crippen molar-refractivity contribution in [3.05, 3.63) is 59.2 Å². The van der Waals surface area contributed by atoms with E-state index in [0.717, 1.165) is 17.8 Å². The quantitative estimate of drug-likeness (QED) is 0.592. The Bertz CT molecular complexity index is 1080. The van der Waals surface area contributed by atoms with E-state index in [1.54, 1.807) is 30.6 Å². The molecule has 1 aliphatic carbocycles. The molecule has 0 spiro atoms. The lowest BCUT2D eigenvalue weighted by Crippen LogP contribution is -2.64. The number of carbonyl (C=O) groups is 1. The second kappa shape index (κ2) is 8.00. The summed E-state index contributed by atoms with van der Waals surface area (Å²) in [6.07, 6.45) is 5.37. The molecular formula is C23H23FN4O2S. The highest BCUT2D eigenvalue weighted by molar-refractivity contribution is 7.15. The Morgan fingerprint density at radius 3 is 2.65 bits per heavy atom. The summed E-state index contributed by atoms with van der Waals surface area (Å²) in [6, 6.07) is 7.87. The Hall–Kier alpha value is -2.87. The van der Waals surface area contributed by atoms with Crippen molar-refractivity contribution in [1.82, 2.24) is 19.9 Å². The number of hydrogen-bond acceptors (Lipinski definition) is 6. The zero-order valence-electron chi connectivity index (χ0n) is 17.4. The van der Waals surface area contributed by atoms with E-state index in [-0.39, 0.29) is 23.8 Å². The van der Waals surface area contributed by atoms with Crippen molar-refractivity contribution in [2.45, 2.75) is 38.8 Å². The third kappa shape index (κ3) is 3.69. The first-order chi connectivity index (χ1) is 15.0. The van der Waals surface area contributed by atoms with Gasteiger partial charge < -0.3 is 9.64 Å². The number of thiazole rings is 1. The highest BCUT2D eigenvalue weighted by Gasteiger charge is 2.51. The van der Waals surface area contributed by atoms with Gasteiger partial charge in [-0.1, -0.05) is 6.92 Å². The number of halogens is 1. The number of carbonyl (C=O) groups excluding carboxylic acids is 1. The largest absolute Gasteiger partial charge is 0.491 e. The van der Waals surface area contributed by atoms with Gasteiger partial charge in [0.05, 0.1) is 11.0 Å². The van der Waals surface area contributed by atoms with Crippen LogP contribution in [0.3, 0.4) is 0 Å². The number of aromatic nitrogens is 3. The molecule has 0 unspecified atom stereocenters. The summed E-state index contributed by atoms with van der Waals surface area (Å²) in [5.74, 6) is 1.64. The Labute approximate surface area is 184 Å². The zero-order valence-corrected chi connectivity index (χ0v) is 18.2. The van der Waals surface area contributed by atoms with Crippen LogP contribution < -0.4 is 4.74 Å². The van der Waals surface area contributed by atoms with Crippen LogP contribution in [0.15, 0.2) is 42.7 Å². The minimum Gasteiger partial charge on any atom is -0.491 e. The van der Waals surface area contributed by atoms with Crippen LogP contribution in [-0.2, 0) is 0 Å². The highest BCUT2D eigenvalue weighted by atomic mass is 32.1. The maximum Gasteiger partial charge on any atom is 0.274 e. The van der Waals surface area contributed by atoms with Crippen LogP contribution in [0.25, 0.3) is 10.7 Å². The molecule has 3 aliphatic rings. The van der Waals surface area contributed by atoms with Crippen molar-refractivity contribution in [2.24, 2.45) is 11.8 Å². The fourth-order valence-electron chi connectivity index (χ4n) is 4.65. The molecule has 1 amide bonds. The summed E-state index contributed by atoms with van der Waals surface area (Å²) in [5.41, 5.74) is 0.415. The molecule has 2 atom stereocenters. The number of nitrogens with zero attached hydrogens (tertiary/aromatic N) is 4. The maximum absolute atomic E-state index is 13.8. The lowest BCUT2D eigenvalue weighted by Gasteiger charge is -2.57. The first-order valence-electron chi connectivity index (χ1n) is 10.5. The average molecular weight is 439 g/mol. The van der Waals surface area contributed by atoms with Crippen molar-refractivity contribution in [3.8, 4) is 16.5 Å². The standard InChI is InChI=1S/C23H23FN4O2S/c1-13-15-10-17(11-15)28(19(13)12-30-18-6-4-16(24)5-7-18)23(29)20-21(31-14(2)27-20)22-25-8-3-9-26-22/h3-9,13,15,17,19H,10-12H2,1-2H3/t13-,15?,17?,19+/m1/s1. The molecule has 0 N–H and O–H groups in total. The van der Waals surface area contributed by atoms with E-state index in [2.05, 4.69) is 21.9 Å². The van der Waals surface area contributed by atoms with Crippen molar-refractivity contribution in [2.75, 3.05) is 6.61 Å². The minimum absolute atomic E-state index is 0.0680. The van der Waals surface area contributed by atoms with Gasteiger partial charge in [-0.3, -0.25) is 4.79 Å². The van der Waals surface area contributed by atoms with Gasteiger partial charge in [-0.05, 0) is 61.9 Å². The topological polar surface area (TPSA) is 68.2 Å². The number of rotatable bonds is 5. The van der Waals surface area contributed by atoms with Gasteiger partial charge in [0.1, 0.15) is 23.1 Å². The monoisotopic (exact) mass is 438 g/mol. The number of aryl methyl sites for hydroxylation is 1. The summed E-state index contributed by atoms with van der Waals surface area (Å²) < 4.78 is 19.2. The average Bonchev–Trinajstić information content (AvgIpc) is 3.14. The molecule has 2 aliphatic heterocycles. The van der Waals surface area contributed by atoms with Crippen LogP contribution in [0.4, 0.5) is 4.39 Å². The molecule has 2 aromatic heterocycles. The lowest BCUT2D eigenvalue weighted by atomic mass is 9.64. The predicted molar refractivity (Wildman–Crippen MR) is 115 cm³/mol. The second-order valence-corrected chi connectivity index (χ2v) is 9.48. The maximum atomic E-state index is 13.8. The molecular weight excluding hydrogens is 415 g/mol. The number of ether oxygens (including phenoxy) is 1. The molecule has 31 heavy (non-hydrogen) atoms. The summed E-state index contributed by atoms with van der Waals surface area (Å²) >= 11 is 1.44. The number of fused-ring (bicyclic) bond motifs is 2. The van der Waals surface area contributed by atoms with E-state index in [4.69, 9.17) is 4.74 Å². The zero-order chi connectivity index (χ0) is 21.5. The third-order valence-electron chi connectivity index (χ3n) is 6.43. The molecule has 8 heteroatoms. The van der Waals surface area contributed by atoms with Gasteiger partial charge in [0.2, 0.25) is 0 Å². The van der Waals surface area contributed by atoms with Crippen molar-refractivity contribution in [3.63, 3.8) is 0 Å². The predicted octanol–water partition coefficient (Wildman–Crippen LogP) is 4.37. The molecule has 1 aromatic carbocycles. The number of amides is 1. The van der Waals surface area contributed by atoms with E-state index in [1.807, 2.05) is 11.8 Å². The lowest BCUT2D eigenvalue weighted by molar-refractivity contribution is -0.0672. The third-order valence-corrected chi connectivity index (χ3v) is 7.39. The minimum atomic E-state index is -0.300. The van der Waals surface area contributed by atoms with Gasteiger partial charge in [-0.25, -0.2) is 19.3 Å². The summed E-state index contributed by atoms with van der Waals surface area (Å²) in [7, 11) is 0. The van der Waals surface area contributed by atoms with Gasteiger partial charge in [0.25, 0.3) is 5.91 Å². The molecule has 6 rings (SSSR count). The van der Waals surface area contributed by atoms with Crippen LogP contribution >= 0.6 is 11.3 Å². The molecule has 6 nitrogen and oxygen atoms in total. The van der Waals surface area contributed by atoms with E-state index in [9.17, 15) is 9.18 Å². The van der Waals surface area contributed by atoms with E-state index in [0.29, 0.717) is 40.6 Å². The van der Waals surface area contributed by atoms with Gasteiger partial charge in [0.15, 0.2) is 11.5 Å². The second-order valence-electron chi connectivity index (χ2n) is 8.27. The molecule has 3 fully saturated rings. The molecule has 1 saturated carbocycles. The summed E-state index contributed by atoms with van der Waals surface area (Å²) in [5, 5.41) is 0.807. The van der Waals surface area contributed by atoms with Crippen LogP contribution in [0.1, 0.15) is 35.3 Å². The van der Waals surface area contributed by atoms with E-state index >= 15 is 0 Å². The molecule has 2 saturated heterocycles. The van der Waals surface area contributed by atoms with Crippen LogP contribution in [0, 0.1) is 24.6 Å². The number of hydrogen-bond donors (Lipinski definition) is 0. The Balaban J connectivity index is 1.43. The van der Waals surface area contributed by atoms with Gasteiger partial charge in [-0.15, -0.1) is 11.3 Å². The van der Waals surface area contributed by atoms with Gasteiger partial charge >= 0.3 is 0 Å². The fourth-order valence-corrected chi connectivity index (χ4v) is 5.51. The molecule has 160 valence electrons. The summed E-state index contributed by atoms with van der Waals surface area (Å²) in [4.78, 5) is 29.7. The van der Waals surface area contributed by atoms with Crippen molar-refractivity contribution < 1.29 is 13.9 Å². The first kappa shape index (κ1) is 20.1. The molecule has 4 heterocycles. The van der Waals surface area contributed by atoms with Crippen LogP contribution in [-0.4, -0.2) is 44.4 Å². The van der Waals surface area contributed by atoms with Crippen LogP contribution in [0.5, 0.6) is 5.75 Å². The highest BCUT2D eigenvalue weighted by Crippen LogP contribution is 2.47. The SMILES string of the molecule is Cc1nc(C(=O)N2C3CC(C3)[C@@H](C)[C@@H]2COc2ccc(F)cc2)c(-c2ncccn2)s1. The smallest absolute Gasteiger partial charge is 0.274 e. The molecule has 0 radical (unpaired) electrons. The number of piperidine rings is 2. The summed E-state index contributed by atoms with van der Waals surface area (Å²) in [6.45, 7) is 4.44. The van der Waals surface area contributed by atoms with Gasteiger partial charge in [0, 0.05) is 18.4 Å². The Morgan fingerprint density at radius 2 is 1.94 bits per heavy atom. The van der Waals surface area contributed by atoms with Gasteiger partial charge in [-0.2, -0.15) is 0 Å². The van der Waals surface area contributed by atoms with Crippen LogP contribution in [0.2, 0.25) is 0 Å². The normalized spacial score (nSPS) is 24.5. The first-order valence-corrected chi connectivity index (χ1v) is 11.3. The van der Waals surface area contributed by atoms with E-state index in [1.165, 1.54) is 23.5 Å². The fraction of sp³-hybridized carbons (Fsp3) is 0.391. The Morgan fingerprint density at radius 1 is 1.23 bits per heavy atom.